The molecule has 5 nitrogen and oxygen atoms in total. The topological polar surface area (TPSA) is 93.8 Å². The normalized spacial score (nSPS) is 12.4. The molecule has 0 aliphatic heterocycles. The van der Waals surface area contributed by atoms with E-state index < -0.39 is 16.1 Å². The van der Waals surface area contributed by atoms with Crippen LogP contribution in [0.25, 0.3) is 0 Å². The van der Waals surface area contributed by atoms with Gasteiger partial charge in [0.1, 0.15) is 10.9 Å². The van der Waals surface area contributed by atoms with Crippen LogP contribution in [-0.4, -0.2) is 14.5 Å². The Kier molecular flexibility index (Phi) is 5.31. The van der Waals surface area contributed by atoms with Gasteiger partial charge in [0, 0.05) is 0 Å². The molecule has 0 aliphatic carbocycles. The van der Waals surface area contributed by atoms with E-state index in [2.05, 4.69) is 4.72 Å². The zero-order chi connectivity index (χ0) is 14.5. The maximum absolute atomic E-state index is 12.1. The highest BCUT2D eigenvalue weighted by Gasteiger charge is 2.22. The average Bonchev–Trinajstić information content (AvgIpc) is 2.38. The summed E-state index contributed by atoms with van der Waals surface area (Å²) in [6.07, 6.45) is 1.08. The molecule has 0 aliphatic rings. The maximum Gasteiger partial charge on any atom is 0.243 e. The first-order valence-electron chi connectivity index (χ1n) is 5.56. The summed E-state index contributed by atoms with van der Waals surface area (Å²) in [4.78, 5) is -0.190. The van der Waals surface area contributed by atoms with Crippen molar-refractivity contribution in [1.82, 2.24) is 4.72 Å². The zero-order valence-corrected chi connectivity index (χ0v) is 11.8. The van der Waals surface area contributed by atoms with Gasteiger partial charge < -0.3 is 0 Å². The molecule has 0 heterocycles. The van der Waals surface area contributed by atoms with E-state index >= 15 is 0 Å². The lowest BCUT2D eigenvalue weighted by Crippen LogP contribution is -2.33. The van der Waals surface area contributed by atoms with Gasteiger partial charge in [-0.1, -0.05) is 24.9 Å². The van der Waals surface area contributed by atoms with Crippen molar-refractivity contribution >= 4 is 21.6 Å². The lowest BCUT2D eigenvalue weighted by Gasteiger charge is -2.12. The molecular formula is C12H12ClN3O2S. The lowest BCUT2D eigenvalue weighted by molar-refractivity contribution is 0.563. The van der Waals surface area contributed by atoms with Crippen LogP contribution in [0.1, 0.15) is 25.3 Å². The Labute approximate surface area is 117 Å². The molecule has 0 radical (unpaired) electrons. The second kappa shape index (κ2) is 6.53. The van der Waals surface area contributed by atoms with Crippen LogP contribution < -0.4 is 4.72 Å². The van der Waals surface area contributed by atoms with E-state index in [9.17, 15) is 8.42 Å². The van der Waals surface area contributed by atoms with Crippen LogP contribution in [-0.2, 0) is 10.0 Å². The average molecular weight is 298 g/mol. The van der Waals surface area contributed by atoms with Crippen LogP contribution in [0.3, 0.4) is 0 Å². The lowest BCUT2D eigenvalue weighted by atomic mass is 10.2. The van der Waals surface area contributed by atoms with E-state index in [1.165, 1.54) is 18.2 Å². The number of nitrogens with one attached hydrogen (secondary N) is 1. The number of nitrogens with zero attached hydrogens (tertiary/aromatic N) is 2. The molecule has 0 spiro atoms. The van der Waals surface area contributed by atoms with Crippen molar-refractivity contribution in [2.24, 2.45) is 0 Å². The van der Waals surface area contributed by atoms with E-state index in [1.807, 2.05) is 19.1 Å². The summed E-state index contributed by atoms with van der Waals surface area (Å²) >= 11 is 5.83. The zero-order valence-electron chi connectivity index (χ0n) is 10.2. The molecule has 7 heteroatoms. The van der Waals surface area contributed by atoms with E-state index in [1.54, 1.807) is 0 Å². The van der Waals surface area contributed by atoms with E-state index in [0.29, 0.717) is 12.8 Å². The first-order chi connectivity index (χ1) is 8.94. The fraction of sp³-hybridized carbons (Fsp3) is 0.333. The van der Waals surface area contributed by atoms with Crippen LogP contribution >= 0.6 is 11.6 Å². The highest BCUT2D eigenvalue weighted by Crippen LogP contribution is 2.22. The standard InChI is InChI=1S/C12H12ClN3O2S/c1-2-3-10(8-15)16-19(17,18)12-6-9(7-14)4-5-11(12)13/h4-6,10,16H,2-3H2,1H3. The minimum absolute atomic E-state index is 0.0136. The smallest absolute Gasteiger partial charge is 0.207 e. The van der Waals surface area contributed by atoms with E-state index in [4.69, 9.17) is 22.1 Å². The largest absolute Gasteiger partial charge is 0.243 e. The molecule has 1 N–H and O–H groups in total. The minimum Gasteiger partial charge on any atom is -0.207 e. The number of hydrogen-bond acceptors (Lipinski definition) is 4. The van der Waals surface area contributed by atoms with Crippen molar-refractivity contribution in [2.75, 3.05) is 0 Å². The number of halogens is 1. The number of benzene rings is 1. The molecule has 0 saturated carbocycles. The second-order valence-corrected chi connectivity index (χ2v) is 5.94. The number of hydrogen-bond donors (Lipinski definition) is 1. The summed E-state index contributed by atoms with van der Waals surface area (Å²) in [7, 11) is -3.91. The number of nitriles is 2. The third-order valence-electron chi connectivity index (χ3n) is 2.38. The first kappa shape index (κ1) is 15.5. The van der Waals surface area contributed by atoms with Gasteiger partial charge in [-0.05, 0) is 24.6 Å². The molecule has 1 aromatic carbocycles. The fourth-order valence-corrected chi connectivity index (χ4v) is 3.17. The SMILES string of the molecule is CCCC(C#N)NS(=O)(=O)c1cc(C#N)ccc1Cl. The van der Waals surface area contributed by atoms with Gasteiger partial charge in [-0.25, -0.2) is 8.42 Å². The van der Waals surface area contributed by atoms with Crippen LogP contribution in [0.5, 0.6) is 0 Å². The fourth-order valence-electron chi connectivity index (χ4n) is 1.47. The first-order valence-corrected chi connectivity index (χ1v) is 7.42. The molecule has 0 amide bonds. The van der Waals surface area contributed by atoms with Crippen LogP contribution in [0.15, 0.2) is 23.1 Å². The third-order valence-corrected chi connectivity index (χ3v) is 4.33. The monoisotopic (exact) mass is 297 g/mol. The summed E-state index contributed by atoms with van der Waals surface area (Å²) in [6, 6.07) is 6.87. The predicted octanol–water partition coefficient (Wildman–Crippen LogP) is 2.18. The molecular weight excluding hydrogens is 286 g/mol. The summed E-state index contributed by atoms with van der Waals surface area (Å²) < 4.78 is 26.5. The van der Waals surface area contributed by atoms with Gasteiger partial charge in [0.15, 0.2) is 0 Å². The molecule has 0 bridgehead atoms. The van der Waals surface area contributed by atoms with Gasteiger partial charge in [0.05, 0.1) is 22.7 Å². The molecule has 0 saturated heterocycles. The predicted molar refractivity (Wildman–Crippen MR) is 70.8 cm³/mol. The summed E-state index contributed by atoms with van der Waals surface area (Å²) in [5, 5.41) is 17.7. The Morgan fingerprint density at radius 2 is 2.11 bits per heavy atom. The molecule has 1 unspecified atom stereocenters. The van der Waals surface area contributed by atoms with E-state index in [0.717, 1.165) is 0 Å². The number of rotatable bonds is 5. The highest BCUT2D eigenvalue weighted by atomic mass is 35.5. The minimum atomic E-state index is -3.91. The van der Waals surface area contributed by atoms with Crippen molar-refractivity contribution in [3.05, 3.63) is 28.8 Å². The maximum atomic E-state index is 12.1. The molecule has 0 fully saturated rings. The summed E-state index contributed by atoms with van der Waals surface area (Å²) in [6.45, 7) is 1.85. The van der Waals surface area contributed by atoms with Crippen LogP contribution in [0.2, 0.25) is 5.02 Å². The van der Waals surface area contributed by atoms with Crippen molar-refractivity contribution in [2.45, 2.75) is 30.7 Å². The molecule has 100 valence electrons. The van der Waals surface area contributed by atoms with Crippen LogP contribution in [0.4, 0.5) is 0 Å². The van der Waals surface area contributed by atoms with Crippen molar-refractivity contribution in [3.63, 3.8) is 0 Å². The van der Waals surface area contributed by atoms with Gasteiger partial charge in [-0.3, -0.25) is 0 Å². The van der Waals surface area contributed by atoms with Crippen molar-refractivity contribution < 1.29 is 8.42 Å². The quantitative estimate of drug-likeness (QED) is 0.901. The molecule has 1 rings (SSSR count). The van der Waals surface area contributed by atoms with Gasteiger partial charge in [-0.15, -0.1) is 0 Å². The Hall–Kier alpha value is -1.60. The Bertz CT molecular complexity index is 644. The number of sulfonamides is 1. The second-order valence-electron chi connectivity index (χ2n) is 3.85. The molecule has 19 heavy (non-hydrogen) atoms. The van der Waals surface area contributed by atoms with Gasteiger partial charge in [0.25, 0.3) is 0 Å². The summed E-state index contributed by atoms with van der Waals surface area (Å²) in [5.41, 5.74) is 0.189. The van der Waals surface area contributed by atoms with Gasteiger partial charge in [-0.2, -0.15) is 15.2 Å². The molecule has 0 aromatic heterocycles. The third kappa shape index (κ3) is 3.93. The van der Waals surface area contributed by atoms with Crippen molar-refractivity contribution in [1.29, 1.82) is 10.5 Å². The molecule has 1 aromatic rings. The Morgan fingerprint density at radius 1 is 1.42 bits per heavy atom. The Balaban J connectivity index is 3.14. The highest BCUT2D eigenvalue weighted by molar-refractivity contribution is 7.89. The van der Waals surface area contributed by atoms with E-state index in [-0.39, 0.29) is 15.5 Å². The van der Waals surface area contributed by atoms with Gasteiger partial charge >= 0.3 is 0 Å². The Morgan fingerprint density at radius 3 is 2.63 bits per heavy atom. The van der Waals surface area contributed by atoms with Crippen LogP contribution in [0, 0.1) is 22.7 Å². The summed E-state index contributed by atoms with van der Waals surface area (Å²) in [5.74, 6) is 0. The molecule has 1 atom stereocenters. The van der Waals surface area contributed by atoms with Gasteiger partial charge in [0.2, 0.25) is 10.0 Å². The van der Waals surface area contributed by atoms with Crippen molar-refractivity contribution in [3.8, 4) is 12.1 Å².